The van der Waals surface area contributed by atoms with Crippen LogP contribution in [0.3, 0.4) is 0 Å². The smallest absolute Gasteiger partial charge is 0.321 e. The monoisotopic (exact) mass is 206 g/mol. The van der Waals surface area contributed by atoms with Crippen LogP contribution in [0.25, 0.3) is 0 Å². The summed E-state index contributed by atoms with van der Waals surface area (Å²) >= 11 is 0. The molecule has 0 aromatic heterocycles. The molecule has 0 bridgehead atoms. The first-order chi connectivity index (χ1) is 6.12. The molecule has 13 heavy (non-hydrogen) atoms. The van der Waals surface area contributed by atoms with Gasteiger partial charge in [-0.25, -0.2) is 0 Å². The molecule has 0 aliphatic carbocycles. The zero-order chi connectivity index (χ0) is 10.2. The highest BCUT2D eigenvalue weighted by Gasteiger charge is 2.11. The molecule has 0 heterocycles. The van der Waals surface area contributed by atoms with Gasteiger partial charge in [0.1, 0.15) is 0 Å². The second kappa shape index (κ2) is 7.31. The average Bonchev–Trinajstić information content (AvgIpc) is 2.11. The summed E-state index contributed by atoms with van der Waals surface area (Å²) in [5.74, 6) is 0.971. The van der Waals surface area contributed by atoms with E-state index in [1.165, 1.54) is 19.3 Å². The molecular weight excluding hydrogens is 187 g/mol. The fourth-order valence-electron chi connectivity index (χ4n) is 0.954. The Morgan fingerprint density at radius 3 is 2.54 bits per heavy atom. The number of hydrogen-bond donors (Lipinski definition) is 1. The Hall–Kier alpha value is -0.110. The largest absolute Gasteiger partial charge is 0.351 e. The van der Waals surface area contributed by atoms with Gasteiger partial charge in [0.05, 0.1) is 6.61 Å². The van der Waals surface area contributed by atoms with Crippen LogP contribution >= 0.6 is 7.60 Å². The van der Waals surface area contributed by atoms with Crippen molar-refractivity contribution in [3.8, 4) is 0 Å². The van der Waals surface area contributed by atoms with Crippen molar-refractivity contribution < 1.29 is 14.0 Å². The zero-order valence-corrected chi connectivity index (χ0v) is 9.13. The van der Waals surface area contributed by atoms with Crippen LogP contribution in [0.4, 0.5) is 0 Å². The maximum absolute atomic E-state index is 10.9. The molecule has 0 aromatic carbocycles. The van der Waals surface area contributed by atoms with E-state index in [1.807, 2.05) is 0 Å². The predicted molar refractivity (Wildman–Crippen MR) is 54.7 cm³/mol. The van der Waals surface area contributed by atoms with Crippen molar-refractivity contribution in [1.82, 2.24) is 0 Å². The van der Waals surface area contributed by atoms with E-state index in [0.717, 1.165) is 18.7 Å². The Morgan fingerprint density at radius 1 is 1.38 bits per heavy atom. The molecule has 3 nitrogen and oxygen atoms in total. The third-order valence-corrected chi connectivity index (χ3v) is 2.77. The molecule has 1 unspecified atom stereocenters. The summed E-state index contributed by atoms with van der Waals surface area (Å²) in [5.41, 5.74) is 0. The highest BCUT2D eigenvalue weighted by atomic mass is 31.2. The molecule has 0 fully saturated rings. The van der Waals surface area contributed by atoms with E-state index in [0.29, 0.717) is 6.61 Å². The van der Waals surface area contributed by atoms with Gasteiger partial charge in [-0.1, -0.05) is 39.2 Å². The van der Waals surface area contributed by atoms with Crippen molar-refractivity contribution in [3.63, 3.8) is 0 Å². The maximum atomic E-state index is 10.9. The van der Waals surface area contributed by atoms with Gasteiger partial charge in [0.25, 0.3) is 0 Å². The minimum atomic E-state index is -3.47. The first kappa shape index (κ1) is 12.9. The second-order valence-corrected chi connectivity index (χ2v) is 4.75. The normalized spacial score (nSPS) is 15.2. The Bertz CT molecular complexity index is 180. The van der Waals surface area contributed by atoms with Crippen molar-refractivity contribution in [3.05, 3.63) is 12.4 Å². The Labute approximate surface area is 80.3 Å². The van der Waals surface area contributed by atoms with Crippen molar-refractivity contribution in [1.29, 1.82) is 0 Å². The highest BCUT2D eigenvalue weighted by Crippen LogP contribution is 2.42. The molecular formula is C9H19O3P. The fourth-order valence-corrected chi connectivity index (χ4v) is 1.45. The van der Waals surface area contributed by atoms with Gasteiger partial charge in [-0.05, 0) is 6.42 Å². The lowest BCUT2D eigenvalue weighted by molar-refractivity contribution is 0.261. The lowest BCUT2D eigenvalue weighted by Crippen LogP contribution is -1.91. The molecule has 4 heteroatoms. The van der Waals surface area contributed by atoms with Gasteiger partial charge in [-0.2, -0.15) is 0 Å². The van der Waals surface area contributed by atoms with Crippen molar-refractivity contribution >= 4 is 7.60 Å². The summed E-state index contributed by atoms with van der Waals surface area (Å²) < 4.78 is 15.6. The molecule has 0 saturated carbocycles. The maximum Gasteiger partial charge on any atom is 0.351 e. The molecule has 0 aromatic rings. The molecule has 0 amide bonds. The number of hydrogen-bond acceptors (Lipinski definition) is 2. The Balaban J connectivity index is 3.26. The molecule has 0 spiro atoms. The molecule has 0 aliphatic rings. The van der Waals surface area contributed by atoms with Gasteiger partial charge in [0, 0.05) is 5.82 Å². The van der Waals surface area contributed by atoms with Crippen LogP contribution < -0.4 is 0 Å². The first-order valence-electron chi connectivity index (χ1n) is 4.73. The summed E-state index contributed by atoms with van der Waals surface area (Å²) in [5, 5.41) is 0. The molecule has 1 N–H and O–H groups in total. The molecule has 0 radical (unpaired) electrons. The summed E-state index contributed by atoms with van der Waals surface area (Å²) in [6.45, 7) is 5.72. The zero-order valence-electron chi connectivity index (χ0n) is 8.24. The second-order valence-electron chi connectivity index (χ2n) is 2.99. The predicted octanol–water partition coefficient (Wildman–Crippen LogP) is 3.30. The van der Waals surface area contributed by atoms with Crippen LogP contribution in [-0.2, 0) is 9.09 Å². The van der Waals surface area contributed by atoms with Crippen molar-refractivity contribution in [2.45, 2.75) is 39.0 Å². The van der Waals surface area contributed by atoms with E-state index in [-0.39, 0.29) is 0 Å². The fraction of sp³-hybridized carbons (Fsp3) is 0.778. The van der Waals surface area contributed by atoms with Gasteiger partial charge < -0.3 is 9.42 Å². The Morgan fingerprint density at radius 2 is 2.00 bits per heavy atom. The van der Waals surface area contributed by atoms with E-state index in [1.54, 1.807) is 0 Å². The summed E-state index contributed by atoms with van der Waals surface area (Å²) in [7, 11) is -3.47. The van der Waals surface area contributed by atoms with Crippen LogP contribution in [0.2, 0.25) is 0 Å². The minimum Gasteiger partial charge on any atom is -0.321 e. The lowest BCUT2D eigenvalue weighted by Gasteiger charge is -2.06. The highest BCUT2D eigenvalue weighted by molar-refractivity contribution is 7.56. The summed E-state index contributed by atoms with van der Waals surface area (Å²) in [6.07, 6.45) is 5.50. The van der Waals surface area contributed by atoms with Crippen LogP contribution in [0.1, 0.15) is 39.0 Å². The molecule has 0 saturated heterocycles. The standard InChI is InChI=1S/C9H19O3P/c1-3-5-6-7-8-9-12-13(10,11)4-2/h4H,2-3,5-9H2,1H3,(H,10,11). The molecule has 0 rings (SSSR count). The summed E-state index contributed by atoms with van der Waals surface area (Å²) in [6, 6.07) is 0. The number of rotatable bonds is 8. The van der Waals surface area contributed by atoms with E-state index in [4.69, 9.17) is 9.42 Å². The topological polar surface area (TPSA) is 46.5 Å². The molecule has 0 aliphatic heterocycles. The number of unbranched alkanes of at least 4 members (excludes halogenated alkanes) is 4. The van der Waals surface area contributed by atoms with Crippen molar-refractivity contribution in [2.75, 3.05) is 6.61 Å². The first-order valence-corrected chi connectivity index (χ1v) is 6.37. The van der Waals surface area contributed by atoms with Crippen LogP contribution in [0.15, 0.2) is 12.4 Å². The van der Waals surface area contributed by atoms with Gasteiger partial charge in [-0.3, -0.25) is 4.57 Å². The van der Waals surface area contributed by atoms with E-state index < -0.39 is 7.60 Å². The quantitative estimate of drug-likeness (QED) is 0.489. The van der Waals surface area contributed by atoms with Gasteiger partial charge in [0.15, 0.2) is 0 Å². The van der Waals surface area contributed by atoms with Gasteiger partial charge >= 0.3 is 7.60 Å². The Kier molecular flexibility index (Phi) is 7.25. The van der Waals surface area contributed by atoms with E-state index in [9.17, 15) is 4.57 Å². The van der Waals surface area contributed by atoms with Crippen LogP contribution in [0, 0.1) is 0 Å². The van der Waals surface area contributed by atoms with Gasteiger partial charge in [0.2, 0.25) is 0 Å². The lowest BCUT2D eigenvalue weighted by atomic mass is 10.2. The minimum absolute atomic E-state index is 0.351. The average molecular weight is 206 g/mol. The van der Waals surface area contributed by atoms with Gasteiger partial charge in [-0.15, -0.1) is 0 Å². The third-order valence-electron chi connectivity index (χ3n) is 1.75. The molecule has 1 atom stereocenters. The van der Waals surface area contributed by atoms with Crippen LogP contribution in [-0.4, -0.2) is 11.5 Å². The van der Waals surface area contributed by atoms with E-state index in [2.05, 4.69) is 13.5 Å². The van der Waals surface area contributed by atoms with Crippen molar-refractivity contribution in [2.24, 2.45) is 0 Å². The SMILES string of the molecule is C=CP(=O)(O)OCCCCCCC. The molecule has 78 valence electrons. The van der Waals surface area contributed by atoms with Crippen LogP contribution in [0.5, 0.6) is 0 Å². The van der Waals surface area contributed by atoms with E-state index >= 15 is 0 Å². The third kappa shape index (κ3) is 8.23. The summed E-state index contributed by atoms with van der Waals surface area (Å²) in [4.78, 5) is 8.94.